The molecule has 0 spiro atoms. The van der Waals surface area contributed by atoms with Gasteiger partial charge in [0.2, 0.25) is 0 Å². The average Bonchev–Trinajstić information content (AvgIpc) is 1.97. The minimum absolute atomic E-state index is 0.217. The maximum absolute atomic E-state index is 8.60. The summed E-state index contributed by atoms with van der Waals surface area (Å²) in [5, 5.41) is 8.60. The van der Waals surface area contributed by atoms with Crippen molar-refractivity contribution in [1.82, 2.24) is 0 Å². The van der Waals surface area contributed by atoms with Crippen molar-refractivity contribution in [1.29, 1.82) is 5.26 Å². The quantitative estimate of drug-likeness (QED) is 0.630. The van der Waals surface area contributed by atoms with Gasteiger partial charge in [0.15, 0.2) is 0 Å². The summed E-state index contributed by atoms with van der Waals surface area (Å²) < 4.78 is 0. The number of hydrogen-bond acceptors (Lipinski definition) is 1. The van der Waals surface area contributed by atoms with E-state index in [1.165, 1.54) is 0 Å². The van der Waals surface area contributed by atoms with Gasteiger partial charge in [-0.05, 0) is 31.1 Å². The van der Waals surface area contributed by atoms with E-state index in [1.807, 2.05) is 6.92 Å². The van der Waals surface area contributed by atoms with E-state index in [1.54, 1.807) is 0 Å². The zero-order valence-electron chi connectivity index (χ0n) is 9.02. The van der Waals surface area contributed by atoms with Crippen molar-refractivity contribution in [2.24, 2.45) is 17.3 Å². The van der Waals surface area contributed by atoms with Gasteiger partial charge in [0.1, 0.15) is 0 Å². The monoisotopic (exact) mass is 167 g/mol. The molecule has 0 bridgehead atoms. The highest BCUT2D eigenvalue weighted by molar-refractivity contribution is 4.80. The van der Waals surface area contributed by atoms with Gasteiger partial charge in [0.05, 0.1) is 6.07 Å². The van der Waals surface area contributed by atoms with Gasteiger partial charge in [0.25, 0.3) is 0 Å². The predicted molar refractivity (Wildman–Crippen MR) is 52.6 cm³/mol. The minimum atomic E-state index is 0.217. The molecule has 0 N–H and O–H groups in total. The van der Waals surface area contributed by atoms with Gasteiger partial charge in [0, 0.05) is 5.92 Å². The summed E-state index contributed by atoms with van der Waals surface area (Å²) in [5.41, 5.74) is 0.384. The third kappa shape index (κ3) is 4.38. The summed E-state index contributed by atoms with van der Waals surface area (Å²) in [4.78, 5) is 0. The summed E-state index contributed by atoms with van der Waals surface area (Å²) in [6.07, 6.45) is 2.20. The van der Waals surface area contributed by atoms with E-state index < -0.39 is 0 Å². The van der Waals surface area contributed by atoms with Crippen molar-refractivity contribution < 1.29 is 0 Å². The molecule has 1 heteroatoms. The second-order valence-corrected chi connectivity index (χ2v) is 4.87. The van der Waals surface area contributed by atoms with Crippen LogP contribution in [0.25, 0.3) is 0 Å². The topological polar surface area (TPSA) is 23.8 Å². The fraction of sp³-hybridized carbons (Fsp3) is 0.909. The minimum Gasteiger partial charge on any atom is -0.198 e. The van der Waals surface area contributed by atoms with E-state index in [9.17, 15) is 0 Å². The molecule has 0 fully saturated rings. The van der Waals surface area contributed by atoms with Crippen LogP contribution in [0.5, 0.6) is 0 Å². The maximum Gasteiger partial charge on any atom is 0.0652 e. The van der Waals surface area contributed by atoms with Crippen molar-refractivity contribution in [2.75, 3.05) is 0 Å². The number of hydrogen-bond donors (Lipinski definition) is 0. The fourth-order valence-electron chi connectivity index (χ4n) is 0.998. The predicted octanol–water partition coefficient (Wildman–Crippen LogP) is 3.61. The Morgan fingerprint density at radius 3 is 2.00 bits per heavy atom. The van der Waals surface area contributed by atoms with Gasteiger partial charge in [-0.1, -0.05) is 27.7 Å². The number of rotatable bonds is 3. The van der Waals surface area contributed by atoms with Crippen LogP contribution in [0.1, 0.15) is 47.5 Å². The largest absolute Gasteiger partial charge is 0.198 e. The molecule has 0 aliphatic heterocycles. The van der Waals surface area contributed by atoms with Gasteiger partial charge in [-0.25, -0.2) is 0 Å². The summed E-state index contributed by atoms with van der Waals surface area (Å²) in [5.74, 6) is 0.920. The molecule has 0 aromatic heterocycles. The Bertz CT molecular complexity index is 159. The third-order valence-electron chi connectivity index (χ3n) is 2.73. The lowest BCUT2D eigenvalue weighted by molar-refractivity contribution is 0.237. The molecule has 12 heavy (non-hydrogen) atoms. The second kappa shape index (κ2) is 4.50. The van der Waals surface area contributed by atoms with Crippen LogP contribution in [-0.2, 0) is 0 Å². The van der Waals surface area contributed by atoms with E-state index in [2.05, 4.69) is 33.8 Å². The molecule has 0 aliphatic rings. The van der Waals surface area contributed by atoms with Crippen molar-refractivity contribution in [3.05, 3.63) is 0 Å². The highest BCUT2D eigenvalue weighted by Crippen LogP contribution is 2.29. The van der Waals surface area contributed by atoms with Crippen molar-refractivity contribution in [3.8, 4) is 6.07 Å². The lowest BCUT2D eigenvalue weighted by atomic mass is 9.78. The van der Waals surface area contributed by atoms with E-state index in [0.717, 1.165) is 12.8 Å². The molecule has 0 aliphatic carbocycles. The van der Waals surface area contributed by atoms with E-state index >= 15 is 0 Å². The highest BCUT2D eigenvalue weighted by Gasteiger charge is 2.19. The van der Waals surface area contributed by atoms with Gasteiger partial charge >= 0.3 is 0 Å². The van der Waals surface area contributed by atoms with Crippen molar-refractivity contribution in [2.45, 2.75) is 47.5 Å². The molecule has 0 amide bonds. The Hall–Kier alpha value is -0.510. The fourth-order valence-corrected chi connectivity index (χ4v) is 0.998. The Labute approximate surface area is 76.8 Å². The molecule has 1 nitrogen and oxygen atoms in total. The Morgan fingerprint density at radius 1 is 1.17 bits per heavy atom. The lowest BCUT2D eigenvalue weighted by Crippen LogP contribution is -2.17. The smallest absolute Gasteiger partial charge is 0.0652 e. The second-order valence-electron chi connectivity index (χ2n) is 4.87. The molecule has 0 heterocycles. The third-order valence-corrected chi connectivity index (χ3v) is 2.73. The van der Waals surface area contributed by atoms with Crippen LogP contribution in [0, 0.1) is 28.6 Å². The molecule has 2 atom stereocenters. The van der Waals surface area contributed by atoms with Gasteiger partial charge in [-0.2, -0.15) is 5.26 Å². The first-order valence-corrected chi connectivity index (χ1v) is 4.77. The first-order chi connectivity index (χ1) is 5.38. The SMILES string of the molecule is CC(C#N)CCC(C)C(C)(C)C. The standard InChI is InChI=1S/C11H21N/c1-9(8-12)6-7-10(2)11(3,4)5/h9-10H,6-7H2,1-5H3. The highest BCUT2D eigenvalue weighted by atomic mass is 14.3. The van der Waals surface area contributed by atoms with E-state index in [-0.39, 0.29) is 5.92 Å². The van der Waals surface area contributed by atoms with E-state index in [0.29, 0.717) is 11.3 Å². The first kappa shape index (κ1) is 11.5. The zero-order valence-corrected chi connectivity index (χ0v) is 9.02. The maximum atomic E-state index is 8.60. The normalized spacial score (nSPS) is 16.7. The van der Waals surface area contributed by atoms with Crippen molar-refractivity contribution in [3.63, 3.8) is 0 Å². The summed E-state index contributed by atoms with van der Waals surface area (Å²) in [6.45, 7) is 11.0. The molecule has 0 aromatic carbocycles. The van der Waals surface area contributed by atoms with Crippen LogP contribution < -0.4 is 0 Å². The van der Waals surface area contributed by atoms with Crippen LogP contribution in [0.3, 0.4) is 0 Å². The van der Waals surface area contributed by atoms with Crippen LogP contribution in [0.2, 0.25) is 0 Å². The molecule has 0 aromatic rings. The summed E-state index contributed by atoms with van der Waals surface area (Å²) in [7, 11) is 0. The zero-order chi connectivity index (χ0) is 9.78. The Kier molecular flexibility index (Phi) is 4.31. The molecule has 0 rings (SSSR count). The number of nitrogens with zero attached hydrogens (tertiary/aromatic N) is 1. The molecule has 70 valence electrons. The molecular formula is C11H21N. The van der Waals surface area contributed by atoms with Gasteiger partial charge < -0.3 is 0 Å². The number of nitriles is 1. The van der Waals surface area contributed by atoms with E-state index in [4.69, 9.17) is 5.26 Å². The van der Waals surface area contributed by atoms with Gasteiger partial charge in [-0.15, -0.1) is 0 Å². The summed E-state index contributed by atoms with van der Waals surface area (Å²) in [6, 6.07) is 2.27. The molecule has 2 unspecified atom stereocenters. The summed E-state index contributed by atoms with van der Waals surface area (Å²) >= 11 is 0. The Morgan fingerprint density at radius 2 is 1.67 bits per heavy atom. The molecule has 0 radical (unpaired) electrons. The van der Waals surface area contributed by atoms with Gasteiger partial charge in [-0.3, -0.25) is 0 Å². The first-order valence-electron chi connectivity index (χ1n) is 4.77. The van der Waals surface area contributed by atoms with Crippen LogP contribution >= 0.6 is 0 Å². The molecule has 0 saturated heterocycles. The van der Waals surface area contributed by atoms with Crippen LogP contribution in [0.15, 0.2) is 0 Å². The Balaban J connectivity index is 3.74. The van der Waals surface area contributed by atoms with Crippen molar-refractivity contribution >= 4 is 0 Å². The average molecular weight is 167 g/mol. The molecule has 0 saturated carbocycles. The van der Waals surface area contributed by atoms with Crippen LogP contribution in [0.4, 0.5) is 0 Å². The lowest BCUT2D eigenvalue weighted by Gasteiger charge is -2.27. The molecular weight excluding hydrogens is 146 g/mol. The van der Waals surface area contributed by atoms with Crippen LogP contribution in [-0.4, -0.2) is 0 Å².